The van der Waals surface area contributed by atoms with Crippen molar-refractivity contribution in [3.63, 3.8) is 0 Å². The predicted molar refractivity (Wildman–Crippen MR) is 51.8 cm³/mol. The average molecular weight is 217 g/mol. The summed E-state index contributed by atoms with van der Waals surface area (Å²) in [6.07, 6.45) is 0. The van der Waals surface area contributed by atoms with Gasteiger partial charge in [-0.15, -0.1) is 0 Å². The van der Waals surface area contributed by atoms with E-state index in [1.165, 1.54) is 12.1 Å². The largest absolute Gasteiger partial charge is 0.435 e. The zero-order valence-electron chi connectivity index (χ0n) is 8.16. The van der Waals surface area contributed by atoms with Crippen LogP contribution in [0.5, 0.6) is 5.75 Å². The maximum atomic E-state index is 11.8. The van der Waals surface area contributed by atoms with E-state index in [4.69, 9.17) is 10.5 Å². The van der Waals surface area contributed by atoms with E-state index in [0.29, 0.717) is 19.8 Å². The fraction of sp³-hybridized carbons (Fsp3) is 0.400. The molecule has 0 bridgehead atoms. The first-order chi connectivity index (χ1) is 7.22. The zero-order valence-corrected chi connectivity index (χ0v) is 8.16. The Labute approximate surface area is 86.8 Å². The van der Waals surface area contributed by atoms with Crippen molar-refractivity contribution in [2.75, 3.05) is 13.2 Å². The number of nitrogens with two attached hydrogens (primary N) is 1. The lowest BCUT2D eigenvalue weighted by atomic mass is 10.2. The van der Waals surface area contributed by atoms with Gasteiger partial charge in [0, 0.05) is 6.54 Å². The molecule has 0 radical (unpaired) electrons. The van der Waals surface area contributed by atoms with Crippen LogP contribution in [0.4, 0.5) is 8.78 Å². The van der Waals surface area contributed by atoms with E-state index in [2.05, 4.69) is 4.74 Å². The second-order valence-electron chi connectivity index (χ2n) is 2.86. The first kappa shape index (κ1) is 11.9. The van der Waals surface area contributed by atoms with Gasteiger partial charge in [0.2, 0.25) is 0 Å². The molecule has 0 aromatic heterocycles. The maximum Gasteiger partial charge on any atom is 0.387 e. The lowest BCUT2D eigenvalue weighted by Gasteiger charge is -2.06. The fourth-order valence-corrected chi connectivity index (χ4v) is 1.04. The number of rotatable bonds is 6. The van der Waals surface area contributed by atoms with Crippen molar-refractivity contribution in [1.29, 1.82) is 0 Å². The summed E-state index contributed by atoms with van der Waals surface area (Å²) in [5.41, 5.74) is 6.14. The van der Waals surface area contributed by atoms with Crippen molar-refractivity contribution < 1.29 is 18.3 Å². The van der Waals surface area contributed by atoms with Gasteiger partial charge < -0.3 is 15.2 Å². The second kappa shape index (κ2) is 6.31. The molecule has 0 fully saturated rings. The van der Waals surface area contributed by atoms with Gasteiger partial charge in [-0.05, 0) is 17.7 Å². The van der Waals surface area contributed by atoms with Crippen molar-refractivity contribution in [2.45, 2.75) is 13.2 Å². The quantitative estimate of drug-likeness (QED) is 0.738. The van der Waals surface area contributed by atoms with Crippen LogP contribution in [0.15, 0.2) is 24.3 Å². The number of ether oxygens (including phenoxy) is 2. The first-order valence-electron chi connectivity index (χ1n) is 4.54. The highest BCUT2D eigenvalue weighted by molar-refractivity contribution is 5.26. The van der Waals surface area contributed by atoms with Crippen LogP contribution in [0.3, 0.4) is 0 Å². The summed E-state index contributed by atoms with van der Waals surface area (Å²) in [6, 6.07) is 6.31. The van der Waals surface area contributed by atoms with Crippen molar-refractivity contribution in [2.24, 2.45) is 5.73 Å². The molecule has 0 atom stereocenters. The summed E-state index contributed by atoms with van der Waals surface area (Å²) in [4.78, 5) is 0. The molecule has 5 heteroatoms. The molecule has 0 heterocycles. The molecule has 1 rings (SSSR count). The molecule has 0 aliphatic heterocycles. The topological polar surface area (TPSA) is 44.5 Å². The first-order valence-corrected chi connectivity index (χ1v) is 4.54. The lowest BCUT2D eigenvalue weighted by molar-refractivity contribution is -0.0498. The van der Waals surface area contributed by atoms with Gasteiger partial charge in [-0.2, -0.15) is 8.78 Å². The van der Waals surface area contributed by atoms with Crippen molar-refractivity contribution >= 4 is 0 Å². The van der Waals surface area contributed by atoms with Crippen LogP contribution < -0.4 is 10.5 Å². The molecule has 0 aliphatic rings. The van der Waals surface area contributed by atoms with Crippen LogP contribution in [0.2, 0.25) is 0 Å². The molecule has 0 unspecified atom stereocenters. The molecule has 15 heavy (non-hydrogen) atoms. The summed E-state index contributed by atoms with van der Waals surface area (Å²) < 4.78 is 33.0. The molecule has 0 saturated heterocycles. The Morgan fingerprint density at radius 3 is 2.40 bits per heavy atom. The van der Waals surface area contributed by atoms with E-state index in [0.717, 1.165) is 5.56 Å². The van der Waals surface area contributed by atoms with Crippen LogP contribution in [0.1, 0.15) is 5.56 Å². The Kier molecular flexibility index (Phi) is 5.00. The minimum Gasteiger partial charge on any atom is -0.435 e. The summed E-state index contributed by atoms with van der Waals surface area (Å²) in [6.45, 7) is -1.42. The van der Waals surface area contributed by atoms with Crippen LogP contribution in [-0.4, -0.2) is 19.8 Å². The predicted octanol–water partition coefficient (Wildman–Crippen LogP) is 1.76. The Hall–Kier alpha value is -1.20. The van der Waals surface area contributed by atoms with E-state index in [1.54, 1.807) is 12.1 Å². The third-order valence-corrected chi connectivity index (χ3v) is 1.68. The number of hydrogen-bond donors (Lipinski definition) is 1. The highest BCUT2D eigenvalue weighted by Gasteiger charge is 2.03. The van der Waals surface area contributed by atoms with Crippen molar-refractivity contribution in [1.82, 2.24) is 0 Å². The number of benzene rings is 1. The van der Waals surface area contributed by atoms with Gasteiger partial charge in [-0.1, -0.05) is 12.1 Å². The molecule has 84 valence electrons. The van der Waals surface area contributed by atoms with Gasteiger partial charge >= 0.3 is 6.61 Å². The molecule has 0 saturated carbocycles. The molecule has 1 aromatic rings. The van der Waals surface area contributed by atoms with Gasteiger partial charge in [-0.3, -0.25) is 0 Å². The SMILES string of the molecule is NCCOCc1ccc(OC(F)F)cc1. The molecular weight excluding hydrogens is 204 g/mol. The van der Waals surface area contributed by atoms with E-state index in [1.807, 2.05) is 0 Å². The van der Waals surface area contributed by atoms with Gasteiger partial charge in [-0.25, -0.2) is 0 Å². The Morgan fingerprint density at radius 1 is 1.20 bits per heavy atom. The van der Waals surface area contributed by atoms with Crippen molar-refractivity contribution in [3.8, 4) is 5.75 Å². The third kappa shape index (κ3) is 4.71. The van der Waals surface area contributed by atoms with Crippen molar-refractivity contribution in [3.05, 3.63) is 29.8 Å². The average Bonchev–Trinajstić information content (AvgIpc) is 2.20. The summed E-state index contributed by atoms with van der Waals surface area (Å²) in [5.74, 6) is 0.146. The fourth-order valence-electron chi connectivity index (χ4n) is 1.04. The van der Waals surface area contributed by atoms with Crippen LogP contribution in [-0.2, 0) is 11.3 Å². The summed E-state index contributed by atoms with van der Waals surface area (Å²) >= 11 is 0. The van der Waals surface area contributed by atoms with E-state index >= 15 is 0 Å². The number of hydrogen-bond acceptors (Lipinski definition) is 3. The zero-order chi connectivity index (χ0) is 11.1. The monoisotopic (exact) mass is 217 g/mol. The lowest BCUT2D eigenvalue weighted by Crippen LogP contribution is -2.08. The smallest absolute Gasteiger partial charge is 0.387 e. The Morgan fingerprint density at radius 2 is 1.87 bits per heavy atom. The van der Waals surface area contributed by atoms with Crippen LogP contribution in [0, 0.1) is 0 Å². The van der Waals surface area contributed by atoms with Gasteiger partial charge in [0.05, 0.1) is 13.2 Å². The maximum absolute atomic E-state index is 11.8. The van der Waals surface area contributed by atoms with E-state index in [-0.39, 0.29) is 5.75 Å². The second-order valence-corrected chi connectivity index (χ2v) is 2.86. The summed E-state index contributed by atoms with van der Waals surface area (Å²) in [7, 11) is 0. The highest BCUT2D eigenvalue weighted by atomic mass is 19.3. The molecule has 1 aromatic carbocycles. The van der Waals surface area contributed by atoms with E-state index in [9.17, 15) is 8.78 Å². The Balaban J connectivity index is 2.42. The molecular formula is C10H13F2NO2. The molecule has 3 nitrogen and oxygen atoms in total. The number of halogens is 2. The highest BCUT2D eigenvalue weighted by Crippen LogP contribution is 2.15. The minimum atomic E-state index is -2.79. The number of alkyl halides is 2. The van der Waals surface area contributed by atoms with Crippen LogP contribution in [0.25, 0.3) is 0 Å². The standard InChI is InChI=1S/C10H13F2NO2/c11-10(12)15-9-3-1-8(2-4-9)7-14-6-5-13/h1-4,10H,5-7,13H2. The third-order valence-electron chi connectivity index (χ3n) is 1.68. The molecule has 0 spiro atoms. The van der Waals surface area contributed by atoms with Crippen LogP contribution >= 0.6 is 0 Å². The Bertz CT molecular complexity index is 277. The van der Waals surface area contributed by atoms with Gasteiger partial charge in [0.15, 0.2) is 0 Å². The van der Waals surface area contributed by atoms with Gasteiger partial charge in [0.25, 0.3) is 0 Å². The van der Waals surface area contributed by atoms with Gasteiger partial charge in [0.1, 0.15) is 5.75 Å². The minimum absolute atomic E-state index is 0.146. The molecule has 0 aliphatic carbocycles. The van der Waals surface area contributed by atoms with E-state index < -0.39 is 6.61 Å². The normalized spacial score (nSPS) is 10.7. The molecule has 0 amide bonds. The summed E-state index contributed by atoms with van der Waals surface area (Å²) in [5, 5.41) is 0. The molecule has 2 N–H and O–H groups in total.